The lowest BCUT2D eigenvalue weighted by Crippen LogP contribution is -2.10. The number of halogens is 1. The van der Waals surface area contributed by atoms with E-state index in [0.29, 0.717) is 5.02 Å². The maximum atomic E-state index is 12.8. The van der Waals surface area contributed by atoms with Crippen LogP contribution in [-0.2, 0) is 9.84 Å². The Morgan fingerprint density at radius 1 is 1.14 bits per heavy atom. The van der Waals surface area contributed by atoms with Gasteiger partial charge in [-0.25, -0.2) is 8.42 Å². The molecule has 3 atom stereocenters. The second kappa shape index (κ2) is 5.42. The maximum Gasteiger partial charge on any atom is 0.183 e. The summed E-state index contributed by atoms with van der Waals surface area (Å²) < 4.78 is 25.5. The summed E-state index contributed by atoms with van der Waals surface area (Å²) in [4.78, 5) is 0.271. The minimum atomic E-state index is -3.52. The lowest BCUT2D eigenvalue weighted by Gasteiger charge is -2.05. The summed E-state index contributed by atoms with van der Waals surface area (Å²) in [6, 6.07) is 15.9. The van der Waals surface area contributed by atoms with Crippen LogP contribution in [0.15, 0.2) is 53.4 Å². The van der Waals surface area contributed by atoms with E-state index >= 15 is 0 Å². The van der Waals surface area contributed by atoms with E-state index in [2.05, 4.69) is 6.07 Å². The summed E-state index contributed by atoms with van der Waals surface area (Å²) in [5, 5.41) is 9.14. The highest BCUT2D eigenvalue weighted by atomic mass is 35.5. The molecule has 112 valence electrons. The molecule has 5 heteroatoms. The van der Waals surface area contributed by atoms with Crippen molar-refractivity contribution in [3.8, 4) is 6.07 Å². The van der Waals surface area contributed by atoms with Crippen LogP contribution in [0.2, 0.25) is 5.02 Å². The highest BCUT2D eigenvalue weighted by Crippen LogP contribution is 2.53. The van der Waals surface area contributed by atoms with Crippen molar-refractivity contribution >= 4 is 21.4 Å². The first-order valence-electron chi connectivity index (χ1n) is 6.91. The fraction of sp³-hybridized carbons (Fsp3) is 0.235. The Hall–Kier alpha value is -1.83. The number of hydrogen-bond acceptors (Lipinski definition) is 3. The van der Waals surface area contributed by atoms with Gasteiger partial charge in [-0.05, 0) is 36.8 Å². The van der Waals surface area contributed by atoms with Crippen molar-refractivity contribution in [2.75, 3.05) is 0 Å². The molecule has 22 heavy (non-hydrogen) atoms. The average molecular weight is 332 g/mol. The van der Waals surface area contributed by atoms with Crippen LogP contribution in [0.5, 0.6) is 0 Å². The predicted molar refractivity (Wildman–Crippen MR) is 85.4 cm³/mol. The number of nitriles is 1. The van der Waals surface area contributed by atoms with Gasteiger partial charge in [0.15, 0.2) is 9.84 Å². The Morgan fingerprint density at radius 3 is 2.41 bits per heavy atom. The van der Waals surface area contributed by atoms with E-state index in [9.17, 15) is 13.7 Å². The Kier molecular flexibility index (Phi) is 3.72. The number of nitrogens with zero attached hydrogens (tertiary/aromatic N) is 1. The van der Waals surface area contributed by atoms with Gasteiger partial charge in [0.25, 0.3) is 0 Å². The molecule has 0 aromatic heterocycles. The average Bonchev–Trinajstić information content (AvgIpc) is 3.23. The summed E-state index contributed by atoms with van der Waals surface area (Å²) in [7, 11) is -3.52. The molecule has 0 radical (unpaired) electrons. The van der Waals surface area contributed by atoms with Gasteiger partial charge >= 0.3 is 0 Å². The monoisotopic (exact) mass is 331 g/mol. The van der Waals surface area contributed by atoms with Crippen LogP contribution in [-0.4, -0.2) is 13.7 Å². The molecule has 1 saturated carbocycles. The van der Waals surface area contributed by atoms with Crippen LogP contribution in [0.1, 0.15) is 17.0 Å². The van der Waals surface area contributed by atoms with Crippen molar-refractivity contribution in [2.24, 2.45) is 5.92 Å². The first-order chi connectivity index (χ1) is 10.4. The molecule has 3 rings (SSSR count). The molecule has 2 aromatic carbocycles. The zero-order valence-corrected chi connectivity index (χ0v) is 13.5. The maximum absolute atomic E-state index is 12.8. The van der Waals surface area contributed by atoms with Crippen molar-refractivity contribution in [2.45, 2.75) is 23.0 Å². The van der Waals surface area contributed by atoms with E-state index in [1.165, 1.54) is 0 Å². The Labute approximate surface area is 135 Å². The van der Waals surface area contributed by atoms with Gasteiger partial charge in [-0.3, -0.25) is 0 Å². The van der Waals surface area contributed by atoms with E-state index < -0.39 is 21.0 Å². The third kappa shape index (κ3) is 2.51. The second-order valence-electron chi connectivity index (χ2n) is 5.56. The number of aryl methyl sites for hydroxylation is 1. The van der Waals surface area contributed by atoms with Gasteiger partial charge in [-0.15, -0.1) is 0 Å². The molecule has 0 spiro atoms. The zero-order valence-electron chi connectivity index (χ0n) is 11.9. The van der Waals surface area contributed by atoms with Crippen LogP contribution in [0.3, 0.4) is 0 Å². The van der Waals surface area contributed by atoms with Crippen molar-refractivity contribution in [1.29, 1.82) is 5.26 Å². The second-order valence-corrected chi connectivity index (χ2v) is 8.10. The van der Waals surface area contributed by atoms with Crippen LogP contribution < -0.4 is 0 Å². The first kappa shape index (κ1) is 15.1. The largest absolute Gasteiger partial charge is 0.223 e. The normalized spacial score (nSPS) is 23.8. The van der Waals surface area contributed by atoms with Gasteiger partial charge in [0.2, 0.25) is 0 Å². The molecule has 0 saturated heterocycles. The van der Waals surface area contributed by atoms with E-state index in [1.54, 1.807) is 42.5 Å². The quantitative estimate of drug-likeness (QED) is 0.861. The number of rotatable bonds is 3. The third-order valence-electron chi connectivity index (χ3n) is 4.04. The highest BCUT2D eigenvalue weighted by Gasteiger charge is 2.59. The molecule has 1 fully saturated rings. The molecule has 0 aliphatic heterocycles. The number of hydrogen-bond donors (Lipinski definition) is 0. The van der Waals surface area contributed by atoms with Gasteiger partial charge in [0.1, 0.15) is 0 Å². The van der Waals surface area contributed by atoms with Crippen LogP contribution in [0.4, 0.5) is 0 Å². The van der Waals surface area contributed by atoms with Gasteiger partial charge < -0.3 is 0 Å². The van der Waals surface area contributed by atoms with Crippen LogP contribution in [0, 0.1) is 24.2 Å². The number of sulfone groups is 1. The van der Waals surface area contributed by atoms with E-state index in [-0.39, 0.29) is 10.8 Å². The van der Waals surface area contributed by atoms with Crippen molar-refractivity contribution in [1.82, 2.24) is 0 Å². The smallest absolute Gasteiger partial charge is 0.183 e. The van der Waals surface area contributed by atoms with E-state index in [4.69, 9.17) is 11.6 Å². The fourth-order valence-electron chi connectivity index (χ4n) is 2.82. The Morgan fingerprint density at radius 2 is 1.82 bits per heavy atom. The predicted octanol–water partition coefficient (Wildman–Crippen LogP) is 3.73. The molecule has 0 N–H and O–H groups in total. The van der Waals surface area contributed by atoms with Crippen molar-refractivity contribution in [3.05, 3.63) is 64.7 Å². The third-order valence-corrected chi connectivity index (χ3v) is 6.51. The Balaban J connectivity index is 1.98. The van der Waals surface area contributed by atoms with Gasteiger partial charge in [0, 0.05) is 10.9 Å². The standard InChI is InChI=1S/C17H14ClNO2S/c1-11-5-7-14(8-6-11)22(20,21)17-15(10-19)16(17)12-3-2-4-13(18)9-12/h2-9,15-17H,1H3/t15-,16-,17-/m0/s1. The molecule has 1 aliphatic carbocycles. The summed E-state index contributed by atoms with van der Waals surface area (Å²) in [5.41, 5.74) is 1.80. The molecular formula is C17H14ClNO2S. The van der Waals surface area contributed by atoms with Gasteiger partial charge in [0.05, 0.1) is 22.1 Å². The molecule has 2 aromatic rings. The number of benzene rings is 2. The molecule has 3 nitrogen and oxygen atoms in total. The molecular weight excluding hydrogens is 318 g/mol. The summed E-state index contributed by atoms with van der Waals surface area (Å²) in [5.74, 6) is -0.834. The minimum Gasteiger partial charge on any atom is -0.223 e. The summed E-state index contributed by atoms with van der Waals surface area (Å²) in [6.45, 7) is 1.90. The van der Waals surface area contributed by atoms with Gasteiger partial charge in [-0.1, -0.05) is 41.4 Å². The molecule has 0 bridgehead atoms. The fourth-order valence-corrected chi connectivity index (χ4v) is 5.09. The van der Waals surface area contributed by atoms with Crippen LogP contribution in [0.25, 0.3) is 0 Å². The molecule has 0 amide bonds. The van der Waals surface area contributed by atoms with Gasteiger partial charge in [-0.2, -0.15) is 5.26 Å². The molecule has 1 aliphatic rings. The zero-order chi connectivity index (χ0) is 15.9. The molecule has 0 heterocycles. The SMILES string of the molecule is Cc1ccc(S(=O)(=O)[C@H]2[C@@H](C#N)[C@@H]2c2cccc(Cl)c2)cc1. The lowest BCUT2D eigenvalue weighted by molar-refractivity contribution is 0.593. The van der Waals surface area contributed by atoms with Crippen molar-refractivity contribution in [3.63, 3.8) is 0 Å². The van der Waals surface area contributed by atoms with E-state index in [1.807, 2.05) is 13.0 Å². The first-order valence-corrected chi connectivity index (χ1v) is 8.83. The van der Waals surface area contributed by atoms with E-state index in [0.717, 1.165) is 11.1 Å². The minimum absolute atomic E-state index is 0.271. The molecule has 0 unspecified atom stereocenters. The van der Waals surface area contributed by atoms with Crippen LogP contribution >= 0.6 is 11.6 Å². The van der Waals surface area contributed by atoms with Crippen molar-refractivity contribution < 1.29 is 8.42 Å². The topological polar surface area (TPSA) is 57.9 Å². The summed E-state index contributed by atoms with van der Waals surface area (Å²) >= 11 is 5.97. The lowest BCUT2D eigenvalue weighted by atomic mass is 10.1. The highest BCUT2D eigenvalue weighted by molar-refractivity contribution is 7.92. The Bertz CT molecular complexity index is 853. The summed E-state index contributed by atoms with van der Waals surface area (Å²) in [6.07, 6.45) is 0.